The molecular formula is C19H23NO. The van der Waals surface area contributed by atoms with Gasteiger partial charge in [-0.2, -0.15) is 0 Å². The van der Waals surface area contributed by atoms with E-state index in [4.69, 9.17) is 0 Å². The Labute approximate surface area is 127 Å². The SMILES string of the molecule is CC(C)(C)NC(CC(=O)c1ccccc1)c1ccccc1. The predicted octanol–water partition coefficient (Wildman–Crippen LogP) is 4.39. The third kappa shape index (κ3) is 4.83. The Kier molecular flexibility index (Phi) is 4.92. The molecule has 1 unspecified atom stereocenters. The molecule has 0 fully saturated rings. The normalized spacial score (nSPS) is 12.9. The Balaban J connectivity index is 2.19. The lowest BCUT2D eigenvalue weighted by Crippen LogP contribution is -2.39. The van der Waals surface area contributed by atoms with Gasteiger partial charge in [0, 0.05) is 23.6 Å². The summed E-state index contributed by atoms with van der Waals surface area (Å²) in [6.07, 6.45) is 0.464. The second-order valence-corrected chi connectivity index (χ2v) is 6.35. The minimum Gasteiger partial charge on any atom is -0.305 e. The van der Waals surface area contributed by atoms with E-state index in [-0.39, 0.29) is 17.4 Å². The van der Waals surface area contributed by atoms with E-state index in [1.807, 2.05) is 48.5 Å². The molecular weight excluding hydrogens is 258 g/mol. The highest BCUT2D eigenvalue weighted by molar-refractivity contribution is 5.96. The summed E-state index contributed by atoms with van der Waals surface area (Å²) in [6.45, 7) is 6.36. The van der Waals surface area contributed by atoms with E-state index in [9.17, 15) is 4.79 Å². The average molecular weight is 281 g/mol. The topological polar surface area (TPSA) is 29.1 Å². The van der Waals surface area contributed by atoms with Crippen LogP contribution in [0.5, 0.6) is 0 Å². The average Bonchev–Trinajstić information content (AvgIpc) is 2.47. The third-order valence-electron chi connectivity index (χ3n) is 3.29. The third-order valence-corrected chi connectivity index (χ3v) is 3.29. The van der Waals surface area contributed by atoms with Gasteiger partial charge in [0.1, 0.15) is 0 Å². The van der Waals surface area contributed by atoms with Gasteiger partial charge in [0.2, 0.25) is 0 Å². The molecule has 2 rings (SSSR count). The van der Waals surface area contributed by atoms with Gasteiger partial charge in [0.15, 0.2) is 5.78 Å². The maximum atomic E-state index is 12.5. The van der Waals surface area contributed by atoms with E-state index in [1.165, 1.54) is 0 Å². The second kappa shape index (κ2) is 6.68. The molecule has 0 radical (unpaired) electrons. The van der Waals surface area contributed by atoms with E-state index in [0.717, 1.165) is 11.1 Å². The maximum absolute atomic E-state index is 12.5. The number of nitrogens with one attached hydrogen (secondary N) is 1. The fraction of sp³-hybridized carbons (Fsp3) is 0.316. The standard InChI is InChI=1S/C19H23NO/c1-19(2,3)20-17(15-10-6-4-7-11-15)14-18(21)16-12-8-5-9-13-16/h4-13,17,20H,14H2,1-3H3. The van der Waals surface area contributed by atoms with Gasteiger partial charge in [-0.1, -0.05) is 60.7 Å². The number of Topliss-reactive ketones (excluding diaryl/α,β-unsaturated/α-hetero) is 1. The van der Waals surface area contributed by atoms with Crippen molar-refractivity contribution in [2.24, 2.45) is 0 Å². The van der Waals surface area contributed by atoms with Crippen LogP contribution in [0.4, 0.5) is 0 Å². The monoisotopic (exact) mass is 281 g/mol. The van der Waals surface area contributed by atoms with Crippen molar-refractivity contribution in [3.63, 3.8) is 0 Å². The molecule has 0 aliphatic rings. The molecule has 2 aromatic rings. The molecule has 0 aromatic heterocycles. The van der Waals surface area contributed by atoms with E-state index in [2.05, 4.69) is 38.2 Å². The molecule has 0 amide bonds. The molecule has 1 N–H and O–H groups in total. The molecule has 2 nitrogen and oxygen atoms in total. The Morgan fingerprint density at radius 1 is 0.952 bits per heavy atom. The summed E-state index contributed by atoms with van der Waals surface area (Å²) in [5, 5.41) is 3.55. The summed E-state index contributed by atoms with van der Waals surface area (Å²) >= 11 is 0. The Morgan fingerprint density at radius 3 is 2.00 bits per heavy atom. The highest BCUT2D eigenvalue weighted by atomic mass is 16.1. The van der Waals surface area contributed by atoms with Crippen LogP contribution in [0, 0.1) is 0 Å². The van der Waals surface area contributed by atoms with E-state index < -0.39 is 0 Å². The Morgan fingerprint density at radius 2 is 1.48 bits per heavy atom. The Bertz CT molecular complexity index is 570. The first-order valence-electron chi connectivity index (χ1n) is 7.36. The van der Waals surface area contributed by atoms with Crippen molar-refractivity contribution in [1.29, 1.82) is 0 Å². The lowest BCUT2D eigenvalue weighted by Gasteiger charge is -2.28. The summed E-state index contributed by atoms with van der Waals surface area (Å²) in [5.41, 5.74) is 1.88. The van der Waals surface area contributed by atoms with Gasteiger partial charge < -0.3 is 5.32 Å². The first kappa shape index (κ1) is 15.5. The highest BCUT2D eigenvalue weighted by Gasteiger charge is 2.21. The van der Waals surface area contributed by atoms with Crippen LogP contribution in [0.15, 0.2) is 60.7 Å². The quantitative estimate of drug-likeness (QED) is 0.824. The largest absolute Gasteiger partial charge is 0.305 e. The van der Waals surface area contributed by atoms with Crippen molar-refractivity contribution in [3.05, 3.63) is 71.8 Å². The Hall–Kier alpha value is -1.93. The summed E-state index contributed by atoms with van der Waals surface area (Å²) in [6, 6.07) is 19.7. The minimum absolute atomic E-state index is 0.0268. The first-order chi connectivity index (χ1) is 9.96. The molecule has 1 atom stereocenters. The van der Waals surface area contributed by atoms with Gasteiger partial charge in [0.05, 0.1) is 0 Å². The number of carbonyl (C=O) groups excluding carboxylic acids is 1. The van der Waals surface area contributed by atoms with Gasteiger partial charge in [-0.15, -0.1) is 0 Å². The van der Waals surface area contributed by atoms with Crippen molar-refractivity contribution < 1.29 is 4.79 Å². The van der Waals surface area contributed by atoms with Crippen molar-refractivity contribution in [3.8, 4) is 0 Å². The summed E-state index contributed by atoms with van der Waals surface area (Å²) in [7, 11) is 0. The zero-order valence-corrected chi connectivity index (χ0v) is 13.0. The zero-order chi connectivity index (χ0) is 15.3. The molecule has 0 heterocycles. The number of hydrogen-bond donors (Lipinski definition) is 1. The number of carbonyl (C=O) groups is 1. The summed E-state index contributed by atoms with van der Waals surface area (Å²) in [4.78, 5) is 12.5. The van der Waals surface area contributed by atoms with Crippen LogP contribution in [-0.2, 0) is 0 Å². The lowest BCUT2D eigenvalue weighted by atomic mass is 9.95. The second-order valence-electron chi connectivity index (χ2n) is 6.35. The zero-order valence-electron chi connectivity index (χ0n) is 13.0. The molecule has 2 heteroatoms. The molecule has 0 bridgehead atoms. The minimum atomic E-state index is -0.0442. The molecule has 21 heavy (non-hydrogen) atoms. The van der Waals surface area contributed by atoms with E-state index in [0.29, 0.717) is 6.42 Å². The van der Waals surface area contributed by atoms with Gasteiger partial charge in [0.25, 0.3) is 0 Å². The van der Waals surface area contributed by atoms with Crippen LogP contribution in [-0.4, -0.2) is 11.3 Å². The van der Waals surface area contributed by atoms with Gasteiger partial charge in [-0.25, -0.2) is 0 Å². The smallest absolute Gasteiger partial charge is 0.164 e. The maximum Gasteiger partial charge on any atom is 0.164 e. The predicted molar refractivity (Wildman–Crippen MR) is 87.5 cm³/mol. The highest BCUT2D eigenvalue weighted by Crippen LogP contribution is 2.22. The fourth-order valence-corrected chi connectivity index (χ4v) is 2.39. The molecule has 110 valence electrons. The fourth-order valence-electron chi connectivity index (χ4n) is 2.39. The van der Waals surface area contributed by atoms with Crippen LogP contribution in [0.1, 0.15) is 49.2 Å². The number of benzene rings is 2. The van der Waals surface area contributed by atoms with Crippen LogP contribution in [0.3, 0.4) is 0 Å². The van der Waals surface area contributed by atoms with Crippen molar-refractivity contribution >= 4 is 5.78 Å². The number of hydrogen-bond acceptors (Lipinski definition) is 2. The van der Waals surface area contributed by atoms with Crippen LogP contribution in [0.25, 0.3) is 0 Å². The molecule has 0 spiro atoms. The van der Waals surface area contributed by atoms with Crippen LogP contribution in [0.2, 0.25) is 0 Å². The van der Waals surface area contributed by atoms with E-state index in [1.54, 1.807) is 0 Å². The van der Waals surface area contributed by atoms with Gasteiger partial charge in [-0.3, -0.25) is 4.79 Å². The van der Waals surface area contributed by atoms with Gasteiger partial charge in [-0.05, 0) is 26.3 Å². The first-order valence-corrected chi connectivity index (χ1v) is 7.36. The van der Waals surface area contributed by atoms with Crippen molar-refractivity contribution in [2.45, 2.75) is 38.8 Å². The number of ketones is 1. The number of rotatable bonds is 5. The molecule has 2 aromatic carbocycles. The molecule has 0 aliphatic carbocycles. The van der Waals surface area contributed by atoms with E-state index >= 15 is 0 Å². The molecule has 0 saturated carbocycles. The summed E-state index contributed by atoms with van der Waals surface area (Å²) in [5.74, 6) is 0.168. The molecule has 0 aliphatic heterocycles. The van der Waals surface area contributed by atoms with Gasteiger partial charge >= 0.3 is 0 Å². The van der Waals surface area contributed by atoms with Crippen molar-refractivity contribution in [1.82, 2.24) is 5.32 Å². The van der Waals surface area contributed by atoms with Crippen LogP contribution < -0.4 is 5.32 Å². The molecule has 0 saturated heterocycles. The summed E-state index contributed by atoms with van der Waals surface area (Å²) < 4.78 is 0. The van der Waals surface area contributed by atoms with Crippen molar-refractivity contribution in [2.75, 3.05) is 0 Å². The lowest BCUT2D eigenvalue weighted by molar-refractivity contribution is 0.0964. The van der Waals surface area contributed by atoms with Crippen LogP contribution >= 0.6 is 0 Å².